The van der Waals surface area contributed by atoms with Gasteiger partial charge in [0.2, 0.25) is 0 Å². The minimum absolute atomic E-state index is 0.0332. The smallest absolute Gasteiger partial charge is 0.194 e. The van der Waals surface area contributed by atoms with Crippen LogP contribution in [0.1, 0.15) is 31.0 Å². The molecular weight excluding hydrogens is 416 g/mol. The maximum atomic E-state index is 5.67. The zero-order valence-electron chi connectivity index (χ0n) is 17.1. The van der Waals surface area contributed by atoms with E-state index < -0.39 is 0 Å². The van der Waals surface area contributed by atoms with E-state index in [1.807, 2.05) is 0 Å². The Morgan fingerprint density at radius 2 is 1.96 bits per heavy atom. The predicted molar refractivity (Wildman–Crippen MR) is 119 cm³/mol. The van der Waals surface area contributed by atoms with E-state index >= 15 is 0 Å². The Morgan fingerprint density at radius 1 is 1.25 bits per heavy atom. The zero-order valence-corrected chi connectivity index (χ0v) is 18.7. The number of guanidine groups is 1. The second-order valence-electron chi connectivity index (χ2n) is 7.54. The van der Waals surface area contributed by atoms with Crippen molar-refractivity contribution < 1.29 is 4.74 Å². The van der Waals surface area contributed by atoms with Crippen LogP contribution in [0.5, 0.6) is 0 Å². The lowest BCUT2D eigenvalue weighted by atomic mass is 9.74. The molecule has 2 aromatic rings. The van der Waals surface area contributed by atoms with E-state index in [1.54, 1.807) is 0 Å². The standard InChI is InChI=1S/C22H31BrN4O/c1-4-24-21(27(3)16-20-6-5-13-26(20)2)25-17-22(11-14-28-15-12-22)18-7-9-19(23)10-8-18/h5-10,13H,4,11-12,14-17H2,1-3H3,(H,24,25). The molecule has 1 aliphatic rings. The van der Waals surface area contributed by atoms with Crippen LogP contribution in [0.25, 0.3) is 0 Å². The lowest BCUT2D eigenvalue weighted by molar-refractivity contribution is 0.0530. The molecule has 0 atom stereocenters. The summed E-state index contributed by atoms with van der Waals surface area (Å²) in [6.07, 6.45) is 4.08. The average Bonchev–Trinajstić information content (AvgIpc) is 3.10. The third-order valence-electron chi connectivity index (χ3n) is 5.58. The number of aromatic nitrogens is 1. The number of ether oxygens (including phenoxy) is 1. The largest absolute Gasteiger partial charge is 0.381 e. The number of aryl methyl sites for hydroxylation is 1. The number of halogens is 1. The first-order valence-corrected chi connectivity index (χ1v) is 10.8. The first-order chi connectivity index (χ1) is 13.5. The molecule has 1 saturated heterocycles. The normalized spacial score (nSPS) is 16.8. The number of rotatable bonds is 6. The van der Waals surface area contributed by atoms with Gasteiger partial charge in [-0.1, -0.05) is 28.1 Å². The van der Waals surface area contributed by atoms with Gasteiger partial charge in [0.1, 0.15) is 0 Å². The van der Waals surface area contributed by atoms with E-state index in [2.05, 4.69) is 94.3 Å². The second-order valence-corrected chi connectivity index (χ2v) is 8.45. The number of benzene rings is 1. The van der Waals surface area contributed by atoms with Crippen molar-refractivity contribution in [2.45, 2.75) is 31.7 Å². The Labute approximate surface area is 176 Å². The molecule has 0 amide bonds. The number of aliphatic imine (C=N–C) groups is 1. The van der Waals surface area contributed by atoms with Gasteiger partial charge in [0.05, 0.1) is 13.1 Å². The van der Waals surface area contributed by atoms with Crippen LogP contribution in [0.3, 0.4) is 0 Å². The van der Waals surface area contributed by atoms with Gasteiger partial charge in [-0.3, -0.25) is 4.99 Å². The summed E-state index contributed by atoms with van der Waals surface area (Å²) in [5, 5.41) is 3.46. The molecule has 0 aliphatic carbocycles. The van der Waals surface area contributed by atoms with E-state index in [0.29, 0.717) is 0 Å². The molecule has 1 N–H and O–H groups in total. The average molecular weight is 447 g/mol. The van der Waals surface area contributed by atoms with Crippen molar-refractivity contribution in [2.24, 2.45) is 12.0 Å². The Hall–Kier alpha value is -1.79. The van der Waals surface area contributed by atoms with Gasteiger partial charge < -0.3 is 19.5 Å². The molecule has 5 nitrogen and oxygen atoms in total. The molecule has 1 aliphatic heterocycles. The van der Waals surface area contributed by atoms with Crippen LogP contribution in [0, 0.1) is 0 Å². The molecule has 1 fully saturated rings. The highest BCUT2D eigenvalue weighted by molar-refractivity contribution is 9.10. The van der Waals surface area contributed by atoms with Crippen molar-refractivity contribution in [3.8, 4) is 0 Å². The second kappa shape index (κ2) is 9.61. The molecule has 0 bridgehead atoms. The van der Waals surface area contributed by atoms with E-state index in [4.69, 9.17) is 9.73 Å². The van der Waals surface area contributed by atoms with Gasteiger partial charge >= 0.3 is 0 Å². The molecule has 0 radical (unpaired) electrons. The summed E-state index contributed by atoms with van der Waals surface area (Å²) in [4.78, 5) is 7.28. The summed E-state index contributed by atoms with van der Waals surface area (Å²) >= 11 is 3.55. The van der Waals surface area contributed by atoms with Crippen molar-refractivity contribution in [2.75, 3.05) is 33.4 Å². The summed E-state index contributed by atoms with van der Waals surface area (Å²) in [7, 11) is 4.18. The molecule has 2 heterocycles. The van der Waals surface area contributed by atoms with Crippen LogP contribution < -0.4 is 5.32 Å². The maximum Gasteiger partial charge on any atom is 0.194 e. The predicted octanol–water partition coefficient (Wildman–Crippen LogP) is 3.93. The minimum atomic E-state index is 0.0332. The van der Waals surface area contributed by atoms with Crippen LogP contribution in [-0.2, 0) is 23.7 Å². The molecule has 6 heteroatoms. The van der Waals surface area contributed by atoms with Gasteiger partial charge in [-0.05, 0) is 49.6 Å². The van der Waals surface area contributed by atoms with E-state index in [0.717, 1.165) is 56.1 Å². The Balaban J connectivity index is 1.81. The van der Waals surface area contributed by atoms with Gasteiger partial charge in [-0.15, -0.1) is 0 Å². The summed E-state index contributed by atoms with van der Waals surface area (Å²) in [6.45, 7) is 6.14. The van der Waals surface area contributed by atoms with Crippen molar-refractivity contribution in [1.29, 1.82) is 0 Å². The quantitative estimate of drug-likeness (QED) is 0.539. The van der Waals surface area contributed by atoms with Crippen LogP contribution in [0.4, 0.5) is 0 Å². The number of nitrogens with one attached hydrogen (secondary N) is 1. The molecule has 1 aromatic heterocycles. The molecule has 3 rings (SSSR count). The number of nitrogens with zero attached hydrogens (tertiary/aromatic N) is 3. The van der Waals surface area contributed by atoms with Gasteiger partial charge in [0.15, 0.2) is 5.96 Å². The van der Waals surface area contributed by atoms with Gasteiger partial charge in [-0.25, -0.2) is 0 Å². The Bertz CT molecular complexity index is 778. The van der Waals surface area contributed by atoms with Crippen LogP contribution >= 0.6 is 15.9 Å². The molecule has 0 saturated carbocycles. The summed E-state index contributed by atoms with van der Waals surface area (Å²) < 4.78 is 8.93. The Kier molecular flexibility index (Phi) is 7.18. The molecule has 152 valence electrons. The highest BCUT2D eigenvalue weighted by Gasteiger charge is 2.34. The first kappa shape index (κ1) is 20.9. The van der Waals surface area contributed by atoms with Crippen molar-refractivity contribution in [1.82, 2.24) is 14.8 Å². The fraction of sp³-hybridized carbons (Fsp3) is 0.500. The summed E-state index contributed by atoms with van der Waals surface area (Å²) in [5.41, 5.74) is 2.65. The molecule has 0 unspecified atom stereocenters. The van der Waals surface area contributed by atoms with E-state index in [-0.39, 0.29) is 5.41 Å². The summed E-state index contributed by atoms with van der Waals surface area (Å²) in [6, 6.07) is 12.9. The number of hydrogen-bond acceptors (Lipinski definition) is 2. The van der Waals surface area contributed by atoms with Gasteiger partial charge in [-0.2, -0.15) is 0 Å². The SMILES string of the molecule is CCNC(=NCC1(c2ccc(Br)cc2)CCOCC1)N(C)Cc1cccn1C. The first-order valence-electron chi connectivity index (χ1n) is 9.97. The third kappa shape index (κ3) is 4.97. The van der Waals surface area contributed by atoms with Crippen molar-refractivity contribution >= 4 is 21.9 Å². The van der Waals surface area contributed by atoms with Gasteiger partial charge in [0.25, 0.3) is 0 Å². The lowest BCUT2D eigenvalue weighted by Gasteiger charge is -2.37. The minimum Gasteiger partial charge on any atom is -0.381 e. The van der Waals surface area contributed by atoms with Crippen molar-refractivity contribution in [3.05, 3.63) is 58.3 Å². The van der Waals surface area contributed by atoms with Crippen LogP contribution in [0.2, 0.25) is 0 Å². The monoisotopic (exact) mass is 446 g/mol. The summed E-state index contributed by atoms with van der Waals surface area (Å²) in [5.74, 6) is 0.951. The third-order valence-corrected chi connectivity index (χ3v) is 6.11. The van der Waals surface area contributed by atoms with E-state index in [1.165, 1.54) is 11.3 Å². The van der Waals surface area contributed by atoms with E-state index in [9.17, 15) is 0 Å². The van der Waals surface area contributed by atoms with Crippen molar-refractivity contribution in [3.63, 3.8) is 0 Å². The fourth-order valence-electron chi connectivity index (χ4n) is 3.78. The topological polar surface area (TPSA) is 41.8 Å². The maximum absolute atomic E-state index is 5.67. The van der Waals surface area contributed by atoms with Crippen LogP contribution in [0.15, 0.2) is 52.1 Å². The lowest BCUT2D eigenvalue weighted by Crippen LogP contribution is -2.42. The molecule has 0 spiro atoms. The fourth-order valence-corrected chi connectivity index (χ4v) is 4.04. The zero-order chi connectivity index (χ0) is 20.0. The molecular formula is C22H31BrN4O. The Morgan fingerprint density at radius 3 is 2.57 bits per heavy atom. The molecule has 1 aromatic carbocycles. The highest BCUT2D eigenvalue weighted by Crippen LogP contribution is 2.36. The van der Waals surface area contributed by atoms with Gasteiger partial charge in [0, 0.05) is 55.6 Å². The molecule has 28 heavy (non-hydrogen) atoms. The number of hydrogen-bond donors (Lipinski definition) is 1. The van der Waals surface area contributed by atoms with Crippen LogP contribution in [-0.4, -0.2) is 48.8 Å². The highest BCUT2D eigenvalue weighted by atomic mass is 79.9.